The van der Waals surface area contributed by atoms with E-state index >= 15 is 0 Å². The van der Waals surface area contributed by atoms with Crippen molar-refractivity contribution in [2.45, 2.75) is 33.2 Å². The van der Waals surface area contributed by atoms with Gasteiger partial charge in [-0.25, -0.2) is 0 Å². The molecule has 0 fully saturated rings. The molecule has 18 heavy (non-hydrogen) atoms. The van der Waals surface area contributed by atoms with Gasteiger partial charge in [-0.15, -0.1) is 0 Å². The van der Waals surface area contributed by atoms with Gasteiger partial charge in [-0.2, -0.15) is 0 Å². The molecule has 3 heteroatoms. The van der Waals surface area contributed by atoms with E-state index < -0.39 is 0 Å². The number of hydrogen-bond acceptors (Lipinski definition) is 3. The Labute approximate surface area is 111 Å². The van der Waals surface area contributed by atoms with Crippen LogP contribution in [0, 0.1) is 6.92 Å². The van der Waals surface area contributed by atoms with Crippen LogP contribution in [0.5, 0.6) is 5.75 Å². The van der Waals surface area contributed by atoms with E-state index in [-0.39, 0.29) is 5.54 Å². The molecule has 1 rings (SSSR count). The van der Waals surface area contributed by atoms with E-state index in [2.05, 4.69) is 56.2 Å². The van der Waals surface area contributed by atoms with Crippen molar-refractivity contribution in [1.29, 1.82) is 0 Å². The predicted molar refractivity (Wildman–Crippen MR) is 78.8 cm³/mol. The van der Waals surface area contributed by atoms with Crippen LogP contribution in [-0.2, 0) is 0 Å². The van der Waals surface area contributed by atoms with Gasteiger partial charge >= 0.3 is 0 Å². The number of anilines is 1. The van der Waals surface area contributed by atoms with Gasteiger partial charge in [0.2, 0.25) is 0 Å². The Balaban J connectivity index is 2.93. The van der Waals surface area contributed by atoms with Gasteiger partial charge in [0.1, 0.15) is 5.75 Å². The molecule has 0 radical (unpaired) electrons. The Morgan fingerprint density at radius 1 is 1.33 bits per heavy atom. The third-order valence-corrected chi connectivity index (χ3v) is 3.36. The highest BCUT2D eigenvalue weighted by atomic mass is 16.5. The first-order valence-electron chi connectivity index (χ1n) is 6.54. The topological polar surface area (TPSA) is 24.5 Å². The van der Waals surface area contributed by atoms with Gasteiger partial charge in [0.25, 0.3) is 0 Å². The van der Waals surface area contributed by atoms with Crippen LogP contribution in [-0.4, -0.2) is 32.8 Å². The number of aryl methyl sites for hydroxylation is 1. The normalized spacial score (nSPS) is 11.4. The Bertz CT molecular complexity index is 388. The first-order chi connectivity index (χ1) is 8.42. The lowest BCUT2D eigenvalue weighted by Gasteiger charge is -2.37. The summed E-state index contributed by atoms with van der Waals surface area (Å²) >= 11 is 0. The number of rotatable bonds is 6. The zero-order chi connectivity index (χ0) is 13.8. The van der Waals surface area contributed by atoms with Gasteiger partial charge in [-0.1, -0.05) is 0 Å². The van der Waals surface area contributed by atoms with Crippen LogP contribution in [0.1, 0.15) is 26.3 Å². The molecule has 0 aliphatic rings. The van der Waals surface area contributed by atoms with Gasteiger partial charge in [-0.05, 0) is 58.5 Å². The van der Waals surface area contributed by atoms with Gasteiger partial charge in [0.15, 0.2) is 0 Å². The smallest absolute Gasteiger partial charge is 0.122 e. The Morgan fingerprint density at radius 2 is 2.00 bits per heavy atom. The summed E-state index contributed by atoms with van der Waals surface area (Å²) in [6.45, 7) is 10.2. The molecular formula is C15H26N2O. The minimum absolute atomic E-state index is 0.0777. The summed E-state index contributed by atoms with van der Waals surface area (Å²) in [6.07, 6.45) is 0. The van der Waals surface area contributed by atoms with E-state index in [4.69, 9.17) is 4.74 Å². The van der Waals surface area contributed by atoms with Crippen LogP contribution in [0.25, 0.3) is 0 Å². The largest absolute Gasteiger partial charge is 0.494 e. The monoisotopic (exact) mass is 250 g/mol. The van der Waals surface area contributed by atoms with Crippen LogP contribution in [0.15, 0.2) is 18.2 Å². The van der Waals surface area contributed by atoms with Crippen molar-refractivity contribution < 1.29 is 4.74 Å². The van der Waals surface area contributed by atoms with Crippen LogP contribution in [0.3, 0.4) is 0 Å². The minimum Gasteiger partial charge on any atom is -0.494 e. The maximum atomic E-state index is 5.57. The van der Waals surface area contributed by atoms with E-state index in [0.29, 0.717) is 6.61 Å². The van der Waals surface area contributed by atoms with Crippen molar-refractivity contribution in [2.24, 2.45) is 0 Å². The standard InChI is InChI=1S/C15H26N2O/c1-7-18-14-9-8-13(10-12(14)2)17(6)15(3,4)11-16-5/h8-10,16H,7,11H2,1-6H3. The third-order valence-electron chi connectivity index (χ3n) is 3.36. The maximum Gasteiger partial charge on any atom is 0.122 e. The van der Waals surface area contributed by atoms with E-state index in [9.17, 15) is 0 Å². The van der Waals surface area contributed by atoms with Crippen molar-refractivity contribution in [3.63, 3.8) is 0 Å². The molecule has 0 unspecified atom stereocenters. The molecule has 0 aromatic heterocycles. The number of benzene rings is 1. The SMILES string of the molecule is CCOc1ccc(N(C)C(C)(C)CNC)cc1C. The number of nitrogens with zero attached hydrogens (tertiary/aromatic N) is 1. The van der Waals surface area contributed by atoms with Crippen LogP contribution >= 0.6 is 0 Å². The summed E-state index contributed by atoms with van der Waals surface area (Å²) in [5.74, 6) is 0.973. The van der Waals surface area contributed by atoms with Crippen molar-refractivity contribution in [1.82, 2.24) is 5.32 Å². The van der Waals surface area contributed by atoms with Gasteiger partial charge < -0.3 is 15.0 Å². The Kier molecular flexibility index (Phi) is 5.03. The molecule has 0 atom stereocenters. The molecule has 1 N–H and O–H groups in total. The highest BCUT2D eigenvalue weighted by molar-refractivity contribution is 5.54. The van der Waals surface area contributed by atoms with Crippen molar-refractivity contribution in [3.8, 4) is 5.75 Å². The first kappa shape index (κ1) is 14.8. The summed E-state index contributed by atoms with van der Waals surface area (Å²) in [6, 6.07) is 6.36. The van der Waals surface area contributed by atoms with E-state index in [1.165, 1.54) is 11.3 Å². The van der Waals surface area contributed by atoms with Gasteiger partial charge in [-0.3, -0.25) is 0 Å². The molecular weight excluding hydrogens is 224 g/mol. The molecule has 1 aromatic rings. The van der Waals surface area contributed by atoms with Crippen LogP contribution in [0.4, 0.5) is 5.69 Å². The summed E-state index contributed by atoms with van der Waals surface area (Å²) in [5.41, 5.74) is 2.48. The summed E-state index contributed by atoms with van der Waals surface area (Å²) in [5, 5.41) is 3.24. The average molecular weight is 250 g/mol. The second-order valence-electron chi connectivity index (χ2n) is 5.28. The van der Waals surface area contributed by atoms with Crippen LogP contribution in [0.2, 0.25) is 0 Å². The molecule has 0 amide bonds. The molecule has 0 aliphatic carbocycles. The lowest BCUT2D eigenvalue weighted by atomic mass is 10.0. The molecule has 1 aromatic carbocycles. The zero-order valence-electron chi connectivity index (χ0n) is 12.5. The number of ether oxygens (including phenoxy) is 1. The van der Waals surface area contributed by atoms with Crippen LogP contribution < -0.4 is 15.0 Å². The van der Waals surface area contributed by atoms with E-state index in [1.807, 2.05) is 14.0 Å². The summed E-state index contributed by atoms with van der Waals surface area (Å²) in [4.78, 5) is 2.30. The Morgan fingerprint density at radius 3 is 2.50 bits per heavy atom. The molecule has 0 saturated heterocycles. The fraction of sp³-hybridized carbons (Fsp3) is 0.600. The zero-order valence-corrected chi connectivity index (χ0v) is 12.5. The molecule has 0 spiro atoms. The number of hydrogen-bond donors (Lipinski definition) is 1. The Hall–Kier alpha value is -1.22. The molecule has 0 saturated carbocycles. The van der Waals surface area contributed by atoms with E-state index in [1.54, 1.807) is 0 Å². The number of likely N-dealkylation sites (N-methyl/N-ethyl adjacent to an activating group) is 2. The van der Waals surface area contributed by atoms with Crippen molar-refractivity contribution >= 4 is 5.69 Å². The van der Waals surface area contributed by atoms with Gasteiger partial charge in [0.05, 0.1) is 6.61 Å². The van der Waals surface area contributed by atoms with Gasteiger partial charge in [0, 0.05) is 24.8 Å². The fourth-order valence-electron chi connectivity index (χ4n) is 2.06. The second kappa shape index (κ2) is 6.10. The fourth-order valence-corrected chi connectivity index (χ4v) is 2.06. The predicted octanol–water partition coefficient (Wildman–Crippen LogP) is 2.83. The summed E-state index contributed by atoms with van der Waals surface area (Å²) in [7, 11) is 4.12. The molecule has 102 valence electrons. The molecule has 0 bridgehead atoms. The minimum atomic E-state index is 0.0777. The first-order valence-corrected chi connectivity index (χ1v) is 6.54. The number of nitrogens with one attached hydrogen (secondary N) is 1. The summed E-state index contributed by atoms with van der Waals surface area (Å²) < 4.78 is 5.57. The second-order valence-corrected chi connectivity index (χ2v) is 5.28. The molecule has 0 aliphatic heterocycles. The lowest BCUT2D eigenvalue weighted by Crippen LogP contribution is -2.48. The quantitative estimate of drug-likeness (QED) is 0.840. The highest BCUT2D eigenvalue weighted by Crippen LogP contribution is 2.27. The van der Waals surface area contributed by atoms with Crippen molar-refractivity contribution in [2.75, 3.05) is 32.1 Å². The lowest BCUT2D eigenvalue weighted by molar-refractivity contribution is 0.338. The highest BCUT2D eigenvalue weighted by Gasteiger charge is 2.23. The van der Waals surface area contributed by atoms with E-state index in [0.717, 1.165) is 12.3 Å². The van der Waals surface area contributed by atoms with Crippen molar-refractivity contribution in [3.05, 3.63) is 23.8 Å². The average Bonchev–Trinajstić information content (AvgIpc) is 2.31. The third kappa shape index (κ3) is 3.39. The molecule has 3 nitrogen and oxygen atoms in total. The molecule has 0 heterocycles. The maximum absolute atomic E-state index is 5.57.